The molecule has 1 aliphatic heterocycles. The van der Waals surface area contributed by atoms with Crippen molar-refractivity contribution in [3.8, 4) is 11.3 Å². The van der Waals surface area contributed by atoms with Crippen molar-refractivity contribution in [3.63, 3.8) is 0 Å². The quantitative estimate of drug-likeness (QED) is 0.480. The number of aliphatic imine (C=N–C) groups is 1. The Morgan fingerprint density at radius 2 is 1.97 bits per heavy atom. The van der Waals surface area contributed by atoms with E-state index in [4.69, 9.17) is 15.1 Å². The molecule has 0 radical (unpaired) electrons. The predicted octanol–water partition coefficient (Wildman–Crippen LogP) is 4.84. The zero-order chi connectivity index (χ0) is 25.3. The molecule has 0 atom stereocenters. The first-order chi connectivity index (χ1) is 16.8. The van der Waals surface area contributed by atoms with Gasteiger partial charge in [-0.05, 0) is 55.9 Å². The van der Waals surface area contributed by atoms with Crippen LogP contribution in [0.5, 0.6) is 0 Å². The smallest absolute Gasteiger partial charge is 0.251 e. The normalized spacial score (nSPS) is 15.4. The average molecular weight is 476 g/mol. The van der Waals surface area contributed by atoms with E-state index < -0.39 is 0 Å². The lowest BCUT2D eigenvalue weighted by molar-refractivity contribution is 0.0690. The summed E-state index contributed by atoms with van der Waals surface area (Å²) >= 11 is 0. The van der Waals surface area contributed by atoms with Crippen LogP contribution in [0.15, 0.2) is 47.1 Å². The largest absolute Gasteiger partial charge is 0.381 e. The first-order valence-electron chi connectivity index (χ1n) is 12.3. The average Bonchev–Trinajstić information content (AvgIpc) is 2.88. The third-order valence-electron chi connectivity index (χ3n) is 6.23. The maximum absolute atomic E-state index is 12.5. The van der Waals surface area contributed by atoms with Crippen LogP contribution in [0.3, 0.4) is 0 Å². The molecule has 1 amide bonds. The molecule has 3 rings (SSSR count). The number of benzene rings is 1. The van der Waals surface area contributed by atoms with Crippen LogP contribution in [-0.4, -0.2) is 54.6 Å². The summed E-state index contributed by atoms with van der Waals surface area (Å²) in [6.45, 7) is 10.8. The second kappa shape index (κ2) is 12.5. The van der Waals surface area contributed by atoms with E-state index in [0.29, 0.717) is 24.4 Å². The Morgan fingerprint density at radius 3 is 2.63 bits per heavy atom. The SMILES string of the molecule is C/C=C(\C=N/CC1CCOCC1)Cc1ncc(C)c(-c2ccc(C(=O)NCC(C)(C)C=N)cc2)n1. The Morgan fingerprint density at radius 1 is 1.26 bits per heavy atom. The maximum Gasteiger partial charge on any atom is 0.251 e. The van der Waals surface area contributed by atoms with E-state index in [2.05, 4.69) is 21.4 Å². The Bertz CT molecular complexity index is 1070. The molecule has 1 saturated heterocycles. The number of aryl methyl sites for hydroxylation is 1. The van der Waals surface area contributed by atoms with Crippen LogP contribution >= 0.6 is 0 Å². The van der Waals surface area contributed by atoms with Crippen LogP contribution in [0.4, 0.5) is 0 Å². The van der Waals surface area contributed by atoms with Crippen molar-refractivity contribution in [1.82, 2.24) is 15.3 Å². The summed E-state index contributed by atoms with van der Waals surface area (Å²) in [5.74, 6) is 1.20. The van der Waals surface area contributed by atoms with Gasteiger partial charge in [0.2, 0.25) is 0 Å². The molecular formula is C28H37N5O2. The molecule has 0 aliphatic carbocycles. The fourth-order valence-electron chi connectivity index (χ4n) is 3.75. The number of nitrogens with one attached hydrogen (secondary N) is 2. The summed E-state index contributed by atoms with van der Waals surface area (Å²) in [6, 6.07) is 7.46. The number of rotatable bonds is 10. The number of ether oxygens (including phenoxy) is 1. The lowest BCUT2D eigenvalue weighted by atomic mass is 9.95. The predicted molar refractivity (Wildman–Crippen MR) is 141 cm³/mol. The number of hydrogen-bond donors (Lipinski definition) is 2. The molecule has 186 valence electrons. The Balaban J connectivity index is 1.66. The van der Waals surface area contributed by atoms with Crippen LogP contribution in [0.25, 0.3) is 11.3 Å². The number of allylic oxidation sites excluding steroid dienone is 2. The molecule has 0 spiro atoms. The summed E-state index contributed by atoms with van der Waals surface area (Å²) in [5, 5.41) is 10.3. The van der Waals surface area contributed by atoms with Gasteiger partial charge in [-0.3, -0.25) is 9.79 Å². The lowest BCUT2D eigenvalue weighted by Crippen LogP contribution is -2.34. The zero-order valence-electron chi connectivity index (χ0n) is 21.3. The van der Waals surface area contributed by atoms with Gasteiger partial charge in [0, 0.05) is 67.9 Å². The van der Waals surface area contributed by atoms with Crippen LogP contribution < -0.4 is 5.32 Å². The lowest BCUT2D eigenvalue weighted by Gasteiger charge is -2.19. The fraction of sp³-hybridized carbons (Fsp3) is 0.464. The molecular weight excluding hydrogens is 438 g/mol. The molecule has 2 N–H and O–H groups in total. The molecule has 1 aromatic heterocycles. The van der Waals surface area contributed by atoms with Crippen molar-refractivity contribution < 1.29 is 9.53 Å². The minimum absolute atomic E-state index is 0.149. The van der Waals surface area contributed by atoms with Gasteiger partial charge in [0.1, 0.15) is 5.82 Å². The van der Waals surface area contributed by atoms with E-state index in [1.54, 1.807) is 0 Å². The molecule has 1 fully saturated rings. The first-order valence-corrected chi connectivity index (χ1v) is 12.3. The van der Waals surface area contributed by atoms with E-state index in [0.717, 1.165) is 60.8 Å². The highest BCUT2D eigenvalue weighted by Crippen LogP contribution is 2.22. The van der Waals surface area contributed by atoms with E-state index in [1.165, 1.54) is 6.21 Å². The minimum atomic E-state index is -0.370. The second-order valence-electron chi connectivity index (χ2n) is 9.80. The van der Waals surface area contributed by atoms with Crippen LogP contribution in [0, 0.1) is 23.7 Å². The van der Waals surface area contributed by atoms with Crippen molar-refractivity contribution in [2.24, 2.45) is 16.3 Å². The molecule has 7 nitrogen and oxygen atoms in total. The molecule has 2 aromatic rings. The van der Waals surface area contributed by atoms with Gasteiger partial charge in [-0.2, -0.15) is 0 Å². The van der Waals surface area contributed by atoms with Crippen molar-refractivity contribution >= 4 is 18.3 Å². The second-order valence-corrected chi connectivity index (χ2v) is 9.80. The van der Waals surface area contributed by atoms with Crippen LogP contribution in [0.2, 0.25) is 0 Å². The summed E-state index contributed by atoms with van der Waals surface area (Å²) in [4.78, 5) is 26.5. The van der Waals surface area contributed by atoms with Gasteiger partial charge in [0.15, 0.2) is 0 Å². The molecule has 1 aliphatic rings. The molecule has 1 aromatic carbocycles. The third-order valence-corrected chi connectivity index (χ3v) is 6.23. The Labute approximate surface area is 208 Å². The highest BCUT2D eigenvalue weighted by Gasteiger charge is 2.17. The molecule has 2 heterocycles. The molecule has 0 bridgehead atoms. The minimum Gasteiger partial charge on any atom is -0.381 e. The number of aromatic nitrogens is 2. The van der Waals surface area contributed by atoms with Gasteiger partial charge in [-0.15, -0.1) is 0 Å². The summed E-state index contributed by atoms with van der Waals surface area (Å²) in [5.41, 5.74) is 4.09. The van der Waals surface area contributed by atoms with Crippen LogP contribution in [-0.2, 0) is 11.2 Å². The fourth-order valence-corrected chi connectivity index (χ4v) is 3.75. The monoisotopic (exact) mass is 475 g/mol. The highest BCUT2D eigenvalue weighted by molar-refractivity contribution is 5.94. The summed E-state index contributed by atoms with van der Waals surface area (Å²) in [7, 11) is 0. The molecule has 0 saturated carbocycles. The van der Waals surface area contributed by atoms with Crippen molar-refractivity contribution in [3.05, 3.63) is 59.1 Å². The number of nitrogens with zero attached hydrogens (tertiary/aromatic N) is 3. The molecule has 0 unspecified atom stereocenters. The van der Waals surface area contributed by atoms with Crippen molar-refractivity contribution in [2.45, 2.75) is 47.0 Å². The van der Waals surface area contributed by atoms with Gasteiger partial charge in [0.25, 0.3) is 5.91 Å². The third kappa shape index (κ3) is 7.92. The highest BCUT2D eigenvalue weighted by atomic mass is 16.5. The first kappa shape index (κ1) is 26.4. The van der Waals surface area contributed by atoms with Gasteiger partial charge < -0.3 is 15.5 Å². The van der Waals surface area contributed by atoms with Gasteiger partial charge in [-0.1, -0.05) is 32.1 Å². The topological polar surface area (TPSA) is 100 Å². The Hall–Kier alpha value is -3.19. The van der Waals surface area contributed by atoms with E-state index in [9.17, 15) is 4.79 Å². The zero-order valence-corrected chi connectivity index (χ0v) is 21.3. The summed E-state index contributed by atoms with van der Waals surface area (Å²) < 4.78 is 5.42. The maximum atomic E-state index is 12.5. The molecule has 7 heteroatoms. The van der Waals surface area contributed by atoms with E-state index >= 15 is 0 Å². The molecule has 35 heavy (non-hydrogen) atoms. The van der Waals surface area contributed by atoms with E-state index in [1.807, 2.05) is 64.4 Å². The van der Waals surface area contributed by atoms with Gasteiger partial charge in [0.05, 0.1) is 5.69 Å². The van der Waals surface area contributed by atoms with Gasteiger partial charge in [-0.25, -0.2) is 9.97 Å². The number of carbonyl (C=O) groups is 1. The van der Waals surface area contributed by atoms with Crippen molar-refractivity contribution in [2.75, 3.05) is 26.3 Å². The van der Waals surface area contributed by atoms with E-state index in [-0.39, 0.29) is 11.3 Å². The standard InChI is InChI=1S/C28H37N5O2/c1-5-21(16-30-17-22-10-12-35-13-11-22)14-25-31-15-20(2)26(33-25)23-6-8-24(9-7-23)27(34)32-19-28(3,4)18-29/h5-9,15-16,18,22,29H,10-14,17,19H2,1-4H3,(H,32,34)/b21-5-,29-18?,30-16-. The van der Waals surface area contributed by atoms with Crippen molar-refractivity contribution in [1.29, 1.82) is 5.41 Å². The van der Waals surface area contributed by atoms with Gasteiger partial charge >= 0.3 is 0 Å². The summed E-state index contributed by atoms with van der Waals surface area (Å²) in [6.07, 6.45) is 9.98. The number of carbonyl (C=O) groups excluding carboxylic acids is 1. The number of hydrogen-bond acceptors (Lipinski definition) is 6. The number of amides is 1. The Kier molecular flexibility index (Phi) is 9.43. The van der Waals surface area contributed by atoms with Crippen LogP contribution in [0.1, 0.15) is 55.4 Å².